The number of rotatable bonds is 10. The van der Waals surface area contributed by atoms with Gasteiger partial charge in [-0.25, -0.2) is 0 Å². The Balaban J connectivity index is 2.46. The van der Waals surface area contributed by atoms with Crippen molar-refractivity contribution in [2.45, 2.75) is 64.7 Å². The monoisotopic (exact) mass is 369 g/mol. The molecule has 0 radical (unpaired) electrons. The summed E-state index contributed by atoms with van der Waals surface area (Å²) in [6.07, 6.45) is 5.24. The van der Waals surface area contributed by atoms with E-state index in [-0.39, 0.29) is 5.78 Å². The van der Waals surface area contributed by atoms with Gasteiger partial charge in [-0.3, -0.25) is 9.59 Å². The summed E-state index contributed by atoms with van der Waals surface area (Å²) >= 11 is 0. The fraction of sp³-hybridized carbons (Fsp3) is 0.478. The van der Waals surface area contributed by atoms with Gasteiger partial charge in [0, 0.05) is 18.3 Å². The molecular weight excluding hydrogens is 338 g/mol. The lowest BCUT2D eigenvalue weighted by molar-refractivity contribution is -0.144. The number of aryl methyl sites for hydroxylation is 1. The zero-order chi connectivity index (χ0) is 20.0. The van der Waals surface area contributed by atoms with E-state index in [4.69, 9.17) is 0 Å². The smallest absolute Gasteiger partial charge is 0.315 e. The normalized spacial score (nSPS) is 13.3. The first-order valence-electron chi connectivity index (χ1n) is 9.89. The molecule has 0 aliphatic rings. The summed E-state index contributed by atoms with van der Waals surface area (Å²) < 4.78 is 1.81. The van der Waals surface area contributed by atoms with Crippen LogP contribution in [0.25, 0.3) is 0 Å². The van der Waals surface area contributed by atoms with Crippen LogP contribution in [0.1, 0.15) is 79.7 Å². The van der Waals surface area contributed by atoms with Gasteiger partial charge in [-0.1, -0.05) is 69.9 Å². The van der Waals surface area contributed by atoms with Crippen LogP contribution in [0.2, 0.25) is 0 Å². The molecule has 0 bridgehead atoms. The molecule has 2 aromatic rings. The van der Waals surface area contributed by atoms with Crippen molar-refractivity contribution in [3.63, 3.8) is 0 Å². The van der Waals surface area contributed by atoms with E-state index < -0.39 is 11.4 Å². The first kappa shape index (κ1) is 20.9. The van der Waals surface area contributed by atoms with Gasteiger partial charge in [0.05, 0.1) is 5.69 Å². The SMILES string of the molecule is CCCCCCC(CC)(C(=O)O)c1cc(C)c(C(=O)c2ccccc2)n1C. The van der Waals surface area contributed by atoms with Crippen molar-refractivity contribution in [3.05, 3.63) is 58.9 Å². The number of carboxylic acid groups (broad SMARTS) is 1. The molecule has 1 aromatic carbocycles. The Bertz CT molecular complexity index is 791. The Hall–Kier alpha value is -2.36. The predicted molar refractivity (Wildman–Crippen MR) is 108 cm³/mol. The van der Waals surface area contributed by atoms with Crippen molar-refractivity contribution >= 4 is 11.8 Å². The molecule has 0 aliphatic heterocycles. The summed E-state index contributed by atoms with van der Waals surface area (Å²) in [5.74, 6) is -0.871. The molecule has 0 spiro atoms. The molecule has 0 amide bonds. The second-order valence-corrected chi connectivity index (χ2v) is 7.37. The maximum absolute atomic E-state index is 13.0. The number of benzene rings is 1. The summed E-state index contributed by atoms with van der Waals surface area (Å²) in [7, 11) is 1.82. The Labute approximate surface area is 162 Å². The maximum atomic E-state index is 13.0. The van der Waals surface area contributed by atoms with Crippen LogP contribution in [-0.2, 0) is 17.3 Å². The molecule has 27 heavy (non-hydrogen) atoms. The standard InChI is InChI=1S/C23H31NO3/c1-5-7-8-12-15-23(6-2,22(26)27)19-16-17(3)20(24(19)4)21(25)18-13-10-9-11-14-18/h9-11,13-14,16H,5-8,12,15H2,1-4H3,(H,26,27). The highest BCUT2D eigenvalue weighted by molar-refractivity contribution is 6.09. The first-order valence-corrected chi connectivity index (χ1v) is 9.89. The second-order valence-electron chi connectivity index (χ2n) is 7.37. The predicted octanol–water partition coefficient (Wildman–Crippen LogP) is 5.27. The van der Waals surface area contributed by atoms with E-state index >= 15 is 0 Å². The van der Waals surface area contributed by atoms with Gasteiger partial charge in [0.1, 0.15) is 5.41 Å². The molecule has 0 aliphatic carbocycles. The highest BCUT2D eigenvalue weighted by Gasteiger charge is 2.41. The Morgan fingerprint density at radius 1 is 1.07 bits per heavy atom. The van der Waals surface area contributed by atoms with E-state index in [1.807, 2.05) is 49.7 Å². The minimum Gasteiger partial charge on any atom is -0.481 e. The van der Waals surface area contributed by atoms with E-state index in [0.29, 0.717) is 24.1 Å². The molecule has 4 heteroatoms. The van der Waals surface area contributed by atoms with Gasteiger partial charge in [-0.2, -0.15) is 0 Å². The third-order valence-corrected chi connectivity index (χ3v) is 5.63. The minimum absolute atomic E-state index is 0.0665. The van der Waals surface area contributed by atoms with Gasteiger partial charge in [-0.05, 0) is 31.4 Å². The third-order valence-electron chi connectivity index (χ3n) is 5.63. The van der Waals surface area contributed by atoms with Crippen LogP contribution in [-0.4, -0.2) is 21.4 Å². The Kier molecular flexibility index (Phi) is 7.00. The molecular formula is C23H31NO3. The summed E-state index contributed by atoms with van der Waals surface area (Å²) in [6, 6.07) is 11.0. The fourth-order valence-electron chi connectivity index (χ4n) is 3.98. The quantitative estimate of drug-likeness (QED) is 0.458. The number of carbonyl (C=O) groups is 2. The lowest BCUT2D eigenvalue weighted by atomic mass is 9.77. The molecule has 1 N–H and O–H groups in total. The van der Waals surface area contributed by atoms with Crippen molar-refractivity contribution in [2.24, 2.45) is 7.05 Å². The number of ketones is 1. The van der Waals surface area contributed by atoms with Crippen LogP contribution < -0.4 is 0 Å². The highest BCUT2D eigenvalue weighted by Crippen LogP contribution is 2.37. The van der Waals surface area contributed by atoms with Crippen molar-refractivity contribution in [3.8, 4) is 0 Å². The largest absolute Gasteiger partial charge is 0.481 e. The Morgan fingerprint density at radius 3 is 2.30 bits per heavy atom. The van der Waals surface area contributed by atoms with E-state index in [2.05, 4.69) is 6.92 Å². The third kappa shape index (κ3) is 4.15. The number of nitrogens with zero attached hydrogens (tertiary/aromatic N) is 1. The van der Waals surface area contributed by atoms with Crippen molar-refractivity contribution in [1.82, 2.24) is 4.57 Å². The number of hydrogen-bond donors (Lipinski definition) is 1. The van der Waals surface area contributed by atoms with Gasteiger partial charge < -0.3 is 9.67 Å². The summed E-state index contributed by atoms with van der Waals surface area (Å²) in [6.45, 7) is 5.96. The average Bonchev–Trinajstić information content (AvgIpc) is 2.96. The van der Waals surface area contributed by atoms with Gasteiger partial charge in [0.2, 0.25) is 5.78 Å². The number of unbranched alkanes of at least 4 members (excludes halogenated alkanes) is 3. The van der Waals surface area contributed by atoms with Crippen molar-refractivity contribution < 1.29 is 14.7 Å². The molecule has 0 saturated heterocycles. The lowest BCUT2D eigenvalue weighted by Gasteiger charge is -2.29. The molecule has 0 saturated carbocycles. The van der Waals surface area contributed by atoms with Crippen molar-refractivity contribution in [1.29, 1.82) is 0 Å². The van der Waals surface area contributed by atoms with Gasteiger partial charge in [0.15, 0.2) is 0 Å². The zero-order valence-corrected chi connectivity index (χ0v) is 16.9. The van der Waals surface area contributed by atoms with Crippen LogP contribution >= 0.6 is 0 Å². The van der Waals surface area contributed by atoms with Crippen LogP contribution in [0, 0.1) is 6.92 Å². The number of carbonyl (C=O) groups excluding carboxylic acids is 1. The number of carboxylic acids is 1. The van der Waals surface area contributed by atoms with E-state index in [0.717, 1.165) is 36.9 Å². The van der Waals surface area contributed by atoms with Gasteiger partial charge in [0.25, 0.3) is 0 Å². The van der Waals surface area contributed by atoms with Crippen LogP contribution in [0.3, 0.4) is 0 Å². The molecule has 146 valence electrons. The van der Waals surface area contributed by atoms with E-state index in [1.165, 1.54) is 0 Å². The molecule has 1 unspecified atom stereocenters. The van der Waals surface area contributed by atoms with Crippen LogP contribution in [0.15, 0.2) is 36.4 Å². The maximum Gasteiger partial charge on any atom is 0.315 e. The van der Waals surface area contributed by atoms with E-state index in [9.17, 15) is 14.7 Å². The molecule has 2 rings (SSSR count). The molecule has 1 heterocycles. The highest BCUT2D eigenvalue weighted by atomic mass is 16.4. The van der Waals surface area contributed by atoms with Crippen LogP contribution in [0.5, 0.6) is 0 Å². The number of aromatic nitrogens is 1. The Morgan fingerprint density at radius 2 is 1.74 bits per heavy atom. The summed E-state index contributed by atoms with van der Waals surface area (Å²) in [5, 5.41) is 10.1. The molecule has 0 fully saturated rings. The van der Waals surface area contributed by atoms with Crippen LogP contribution in [0.4, 0.5) is 0 Å². The minimum atomic E-state index is -0.956. The summed E-state index contributed by atoms with van der Waals surface area (Å²) in [4.78, 5) is 25.3. The lowest BCUT2D eigenvalue weighted by Crippen LogP contribution is -2.37. The average molecular weight is 370 g/mol. The summed E-state index contributed by atoms with van der Waals surface area (Å²) in [5.41, 5.74) is 1.79. The van der Waals surface area contributed by atoms with Crippen molar-refractivity contribution in [2.75, 3.05) is 0 Å². The molecule has 1 atom stereocenters. The second kappa shape index (κ2) is 9.03. The van der Waals surface area contributed by atoms with Gasteiger partial charge in [-0.15, -0.1) is 0 Å². The zero-order valence-electron chi connectivity index (χ0n) is 16.9. The first-order chi connectivity index (χ1) is 12.9. The molecule has 4 nitrogen and oxygen atoms in total. The number of aliphatic carboxylic acids is 1. The number of hydrogen-bond acceptors (Lipinski definition) is 2. The van der Waals surface area contributed by atoms with E-state index in [1.54, 1.807) is 12.1 Å². The van der Waals surface area contributed by atoms with Gasteiger partial charge >= 0.3 is 5.97 Å². The fourth-order valence-corrected chi connectivity index (χ4v) is 3.98. The molecule has 1 aromatic heterocycles. The topological polar surface area (TPSA) is 59.3 Å².